The summed E-state index contributed by atoms with van der Waals surface area (Å²) >= 11 is 0. The zero-order valence-corrected chi connectivity index (χ0v) is 11.1. The monoisotopic (exact) mass is 275 g/mol. The molecule has 0 aliphatic heterocycles. The molecule has 0 saturated heterocycles. The number of hydrogen-bond donors (Lipinski definition) is 0. The molecule has 7 heteroatoms. The molecule has 0 saturated carbocycles. The van der Waals surface area contributed by atoms with E-state index in [1.54, 1.807) is 17.8 Å². The van der Waals surface area contributed by atoms with Gasteiger partial charge in [-0.05, 0) is 26.0 Å². The standard InChI is InChI=1S/C13H13N3O4/c1-3-15-8-10(7-14-15)13(17)20-11-4-5-12(16(18)19)9(2)6-11/h4-8H,3H2,1-2H3. The Morgan fingerprint density at radius 2 is 2.25 bits per heavy atom. The minimum Gasteiger partial charge on any atom is -0.423 e. The summed E-state index contributed by atoms with van der Waals surface area (Å²) in [5.74, 6) is -0.277. The number of nitro groups is 1. The molecule has 0 aliphatic carbocycles. The van der Waals surface area contributed by atoms with E-state index in [0.717, 1.165) is 0 Å². The zero-order valence-electron chi connectivity index (χ0n) is 11.1. The van der Waals surface area contributed by atoms with Gasteiger partial charge in [0, 0.05) is 24.4 Å². The van der Waals surface area contributed by atoms with Crippen LogP contribution in [0.15, 0.2) is 30.6 Å². The third kappa shape index (κ3) is 2.82. The van der Waals surface area contributed by atoms with Crippen LogP contribution in [-0.4, -0.2) is 20.7 Å². The number of aryl methyl sites for hydroxylation is 2. The Balaban J connectivity index is 2.15. The van der Waals surface area contributed by atoms with Crippen LogP contribution in [0.5, 0.6) is 5.75 Å². The van der Waals surface area contributed by atoms with Crippen LogP contribution in [-0.2, 0) is 6.54 Å². The van der Waals surface area contributed by atoms with Crippen LogP contribution < -0.4 is 4.74 Å². The van der Waals surface area contributed by atoms with E-state index < -0.39 is 10.9 Å². The first-order valence-corrected chi connectivity index (χ1v) is 6.01. The van der Waals surface area contributed by atoms with Crippen molar-refractivity contribution < 1.29 is 14.5 Å². The van der Waals surface area contributed by atoms with Crippen molar-refractivity contribution in [2.75, 3.05) is 0 Å². The Kier molecular flexibility index (Phi) is 3.79. The van der Waals surface area contributed by atoms with Gasteiger partial charge in [0.1, 0.15) is 5.75 Å². The summed E-state index contributed by atoms with van der Waals surface area (Å²) in [6.45, 7) is 4.15. The molecule has 0 spiro atoms. The van der Waals surface area contributed by atoms with Gasteiger partial charge in [-0.3, -0.25) is 14.8 Å². The maximum atomic E-state index is 11.9. The summed E-state index contributed by atoms with van der Waals surface area (Å²) in [4.78, 5) is 22.1. The van der Waals surface area contributed by atoms with E-state index in [0.29, 0.717) is 17.7 Å². The van der Waals surface area contributed by atoms with Crippen LogP contribution in [0.3, 0.4) is 0 Å². The molecule has 0 bridgehead atoms. The molecule has 2 aromatic rings. The third-order valence-corrected chi connectivity index (χ3v) is 2.77. The van der Waals surface area contributed by atoms with Crippen LogP contribution in [0.2, 0.25) is 0 Å². The topological polar surface area (TPSA) is 87.3 Å². The lowest BCUT2D eigenvalue weighted by Gasteiger charge is -2.04. The van der Waals surface area contributed by atoms with Crippen molar-refractivity contribution in [1.29, 1.82) is 0 Å². The molecule has 0 unspecified atom stereocenters. The third-order valence-electron chi connectivity index (χ3n) is 2.77. The summed E-state index contributed by atoms with van der Waals surface area (Å²) in [6.07, 6.45) is 3.00. The second-order valence-corrected chi connectivity index (χ2v) is 4.18. The SMILES string of the molecule is CCn1cc(C(=O)Oc2ccc([N+](=O)[O-])c(C)c2)cn1. The minimum atomic E-state index is -0.544. The Morgan fingerprint density at radius 1 is 1.50 bits per heavy atom. The number of nitrogens with zero attached hydrogens (tertiary/aromatic N) is 3. The Hall–Kier alpha value is -2.70. The number of aromatic nitrogens is 2. The van der Waals surface area contributed by atoms with Gasteiger partial charge in [0.05, 0.1) is 16.7 Å². The van der Waals surface area contributed by atoms with Crippen LogP contribution in [0.4, 0.5) is 5.69 Å². The highest BCUT2D eigenvalue weighted by molar-refractivity contribution is 5.90. The fourth-order valence-corrected chi connectivity index (χ4v) is 1.70. The number of esters is 1. The summed E-state index contributed by atoms with van der Waals surface area (Å²) < 4.78 is 6.77. The molecular formula is C13H13N3O4. The molecule has 1 heterocycles. The van der Waals surface area contributed by atoms with Gasteiger partial charge in [0.2, 0.25) is 0 Å². The largest absolute Gasteiger partial charge is 0.423 e. The first kappa shape index (κ1) is 13.7. The lowest BCUT2D eigenvalue weighted by molar-refractivity contribution is -0.385. The maximum absolute atomic E-state index is 11.9. The average molecular weight is 275 g/mol. The Labute approximate surface area is 114 Å². The number of carbonyl (C=O) groups is 1. The van der Waals surface area contributed by atoms with Gasteiger partial charge in [0.25, 0.3) is 5.69 Å². The number of rotatable bonds is 4. The maximum Gasteiger partial charge on any atom is 0.346 e. The van der Waals surface area contributed by atoms with Gasteiger partial charge in [-0.1, -0.05) is 0 Å². The number of ether oxygens (including phenoxy) is 1. The quantitative estimate of drug-likeness (QED) is 0.370. The minimum absolute atomic E-state index is 0.0106. The van der Waals surface area contributed by atoms with Gasteiger partial charge in [-0.2, -0.15) is 5.10 Å². The van der Waals surface area contributed by atoms with E-state index in [-0.39, 0.29) is 11.4 Å². The lowest BCUT2D eigenvalue weighted by Crippen LogP contribution is -2.08. The van der Waals surface area contributed by atoms with E-state index in [2.05, 4.69) is 5.10 Å². The van der Waals surface area contributed by atoms with E-state index in [1.165, 1.54) is 24.4 Å². The van der Waals surface area contributed by atoms with Crippen molar-refractivity contribution in [2.45, 2.75) is 20.4 Å². The van der Waals surface area contributed by atoms with Crippen molar-refractivity contribution in [1.82, 2.24) is 9.78 Å². The van der Waals surface area contributed by atoms with Gasteiger partial charge in [0.15, 0.2) is 0 Å². The van der Waals surface area contributed by atoms with Crippen LogP contribution in [0, 0.1) is 17.0 Å². The number of benzene rings is 1. The molecule has 1 aromatic heterocycles. The second-order valence-electron chi connectivity index (χ2n) is 4.18. The Bertz CT molecular complexity index is 663. The fraction of sp³-hybridized carbons (Fsp3) is 0.231. The lowest BCUT2D eigenvalue weighted by atomic mass is 10.2. The van der Waals surface area contributed by atoms with Crippen molar-refractivity contribution >= 4 is 11.7 Å². The molecular weight excluding hydrogens is 262 g/mol. The molecule has 7 nitrogen and oxygen atoms in total. The van der Waals surface area contributed by atoms with Gasteiger partial charge >= 0.3 is 5.97 Å². The highest BCUT2D eigenvalue weighted by atomic mass is 16.6. The first-order valence-electron chi connectivity index (χ1n) is 6.01. The highest BCUT2D eigenvalue weighted by Crippen LogP contribution is 2.23. The van der Waals surface area contributed by atoms with Gasteiger partial charge in [-0.25, -0.2) is 4.79 Å². The van der Waals surface area contributed by atoms with E-state index in [4.69, 9.17) is 4.74 Å². The number of hydrogen-bond acceptors (Lipinski definition) is 5. The molecule has 20 heavy (non-hydrogen) atoms. The molecule has 0 aliphatic rings. The number of nitro benzene ring substituents is 1. The van der Waals surface area contributed by atoms with Gasteiger partial charge in [-0.15, -0.1) is 0 Å². The Morgan fingerprint density at radius 3 is 2.80 bits per heavy atom. The molecule has 104 valence electrons. The first-order chi connectivity index (χ1) is 9.51. The highest BCUT2D eigenvalue weighted by Gasteiger charge is 2.14. The number of carbonyl (C=O) groups excluding carboxylic acids is 1. The van der Waals surface area contributed by atoms with E-state index in [1.807, 2.05) is 6.92 Å². The fourth-order valence-electron chi connectivity index (χ4n) is 1.70. The molecule has 2 rings (SSSR count). The van der Waals surface area contributed by atoms with Gasteiger partial charge < -0.3 is 4.74 Å². The van der Waals surface area contributed by atoms with Crippen LogP contribution >= 0.6 is 0 Å². The molecule has 1 aromatic carbocycles. The molecule has 0 amide bonds. The van der Waals surface area contributed by atoms with Crippen molar-refractivity contribution in [2.24, 2.45) is 0 Å². The molecule has 0 atom stereocenters. The average Bonchev–Trinajstić information content (AvgIpc) is 2.87. The van der Waals surface area contributed by atoms with Crippen LogP contribution in [0.25, 0.3) is 0 Å². The molecule has 0 fully saturated rings. The van der Waals surface area contributed by atoms with E-state index >= 15 is 0 Å². The zero-order chi connectivity index (χ0) is 14.7. The summed E-state index contributed by atoms with van der Waals surface area (Å²) in [5, 5.41) is 14.7. The van der Waals surface area contributed by atoms with Crippen LogP contribution in [0.1, 0.15) is 22.8 Å². The van der Waals surface area contributed by atoms with Crippen molar-refractivity contribution in [3.63, 3.8) is 0 Å². The van der Waals surface area contributed by atoms with Crippen molar-refractivity contribution in [3.05, 3.63) is 51.8 Å². The summed E-state index contributed by atoms with van der Waals surface area (Å²) in [7, 11) is 0. The predicted molar refractivity (Wildman–Crippen MR) is 70.7 cm³/mol. The van der Waals surface area contributed by atoms with E-state index in [9.17, 15) is 14.9 Å². The predicted octanol–water partition coefficient (Wildman–Crippen LogP) is 2.34. The summed E-state index contributed by atoms with van der Waals surface area (Å²) in [6, 6.07) is 4.17. The summed E-state index contributed by atoms with van der Waals surface area (Å²) in [5.41, 5.74) is 0.760. The second kappa shape index (κ2) is 5.52. The smallest absolute Gasteiger partial charge is 0.346 e. The normalized spacial score (nSPS) is 10.3. The molecule has 0 radical (unpaired) electrons. The molecule has 0 N–H and O–H groups in total. The van der Waals surface area contributed by atoms with Crippen molar-refractivity contribution in [3.8, 4) is 5.75 Å².